The molecule has 1 fully saturated rings. The van der Waals surface area contributed by atoms with Crippen LogP contribution in [-0.2, 0) is 14.4 Å². The fraction of sp³-hybridized carbons (Fsp3) is 0.389. The molecule has 1 aromatic carbocycles. The number of benzene rings is 1. The van der Waals surface area contributed by atoms with Crippen molar-refractivity contribution in [3.8, 4) is 6.07 Å². The van der Waals surface area contributed by atoms with E-state index in [9.17, 15) is 10.1 Å². The number of esters is 1. The Hall–Kier alpha value is -1.65. The molecule has 0 N–H and O–H groups in total. The van der Waals surface area contributed by atoms with Gasteiger partial charge in [-0.05, 0) is 54.8 Å². The Labute approximate surface area is 163 Å². The molecule has 3 unspecified atom stereocenters. The van der Waals surface area contributed by atoms with Gasteiger partial charge in [0.1, 0.15) is 13.2 Å². The lowest BCUT2D eigenvalue weighted by Crippen LogP contribution is -2.14. The van der Waals surface area contributed by atoms with E-state index in [4.69, 9.17) is 4.74 Å². The van der Waals surface area contributed by atoms with Gasteiger partial charge >= 0.3 is 5.97 Å². The lowest BCUT2D eigenvalue weighted by molar-refractivity contribution is -0.149. The molecule has 0 radical (unpaired) electrons. The number of rotatable bonds is 6. The summed E-state index contributed by atoms with van der Waals surface area (Å²) >= 11 is 6.65. The molecule has 25 heavy (non-hydrogen) atoms. The van der Waals surface area contributed by atoms with E-state index >= 15 is 0 Å². The van der Waals surface area contributed by atoms with Crippen molar-refractivity contribution in [1.29, 1.82) is 5.26 Å². The number of halogens is 2. The first-order valence-corrected chi connectivity index (χ1v) is 9.19. The highest BCUT2D eigenvalue weighted by molar-refractivity contribution is 9.28. The van der Waals surface area contributed by atoms with Gasteiger partial charge in [0, 0.05) is 5.56 Å². The van der Waals surface area contributed by atoms with E-state index in [0.717, 1.165) is 8.96 Å². The van der Waals surface area contributed by atoms with Crippen LogP contribution in [0.5, 0.6) is 0 Å². The van der Waals surface area contributed by atoms with Crippen LogP contribution in [0.25, 0.3) is 0 Å². The molecule has 1 saturated carbocycles. The first-order valence-electron chi connectivity index (χ1n) is 7.60. The number of hydrogen-bond acceptors (Lipinski definition) is 5. The number of carbonyl (C=O) groups excluding carboxylic acids is 1. The summed E-state index contributed by atoms with van der Waals surface area (Å²) < 4.78 is 6.28. The van der Waals surface area contributed by atoms with Gasteiger partial charge in [0.2, 0.25) is 6.10 Å². The maximum absolute atomic E-state index is 12.5. The number of oxime groups is 1. The standard InChI is InChI=1S/C18H18Br2N2O3/c1-18(2)13(8-15(19)20)16(18)17(23)25-14(9-21)12-6-4-5-11(7-12)10-22-24-3/h4-8,10,13-14,16H,1-3H3. The maximum Gasteiger partial charge on any atom is 0.311 e. The Morgan fingerprint density at radius 2 is 2.16 bits per heavy atom. The van der Waals surface area contributed by atoms with Crippen molar-refractivity contribution < 1.29 is 14.4 Å². The summed E-state index contributed by atoms with van der Waals surface area (Å²) in [5.41, 5.74) is 1.16. The van der Waals surface area contributed by atoms with E-state index in [2.05, 4.69) is 41.9 Å². The zero-order valence-electron chi connectivity index (χ0n) is 14.1. The zero-order chi connectivity index (χ0) is 18.6. The third-order valence-electron chi connectivity index (χ3n) is 4.34. The molecule has 0 saturated heterocycles. The Morgan fingerprint density at radius 3 is 2.76 bits per heavy atom. The normalized spacial score (nSPS) is 21.9. The van der Waals surface area contributed by atoms with Gasteiger partial charge in [-0.1, -0.05) is 43.3 Å². The number of ether oxygens (including phenoxy) is 1. The smallest absolute Gasteiger partial charge is 0.311 e. The number of carbonyl (C=O) groups is 1. The number of nitriles is 1. The molecular formula is C18H18Br2N2O3. The fourth-order valence-electron chi connectivity index (χ4n) is 2.85. The fourth-order valence-corrected chi connectivity index (χ4v) is 3.42. The van der Waals surface area contributed by atoms with Crippen LogP contribution < -0.4 is 0 Å². The molecule has 132 valence electrons. The van der Waals surface area contributed by atoms with Crippen LogP contribution in [0.4, 0.5) is 0 Å². The second kappa shape index (κ2) is 8.15. The molecule has 7 heteroatoms. The van der Waals surface area contributed by atoms with E-state index in [1.807, 2.05) is 32.1 Å². The van der Waals surface area contributed by atoms with Crippen LogP contribution in [0, 0.1) is 28.6 Å². The van der Waals surface area contributed by atoms with E-state index in [0.29, 0.717) is 5.56 Å². The number of allylic oxidation sites excluding steroid dienone is 1. The molecule has 0 aromatic heterocycles. The van der Waals surface area contributed by atoms with Crippen LogP contribution in [-0.4, -0.2) is 19.3 Å². The first-order chi connectivity index (χ1) is 11.8. The molecule has 1 aliphatic carbocycles. The van der Waals surface area contributed by atoms with E-state index in [1.54, 1.807) is 18.2 Å². The molecule has 1 aromatic rings. The molecule has 3 atom stereocenters. The summed E-state index contributed by atoms with van der Waals surface area (Å²) in [5.74, 6) is -0.574. The van der Waals surface area contributed by atoms with E-state index in [1.165, 1.54) is 13.3 Å². The second-order valence-corrected chi connectivity index (χ2v) is 9.09. The average molecular weight is 470 g/mol. The van der Waals surface area contributed by atoms with Crippen molar-refractivity contribution in [2.24, 2.45) is 22.4 Å². The molecular weight excluding hydrogens is 452 g/mol. The van der Waals surface area contributed by atoms with E-state index < -0.39 is 6.10 Å². The molecule has 0 bridgehead atoms. The quantitative estimate of drug-likeness (QED) is 0.344. The largest absolute Gasteiger partial charge is 0.442 e. The molecule has 0 heterocycles. The molecule has 0 aliphatic heterocycles. The van der Waals surface area contributed by atoms with Gasteiger partial charge in [0.15, 0.2) is 0 Å². The Morgan fingerprint density at radius 1 is 1.44 bits per heavy atom. The second-order valence-electron chi connectivity index (χ2n) is 6.31. The number of hydrogen-bond donors (Lipinski definition) is 0. The minimum absolute atomic E-state index is 0.0632. The zero-order valence-corrected chi connectivity index (χ0v) is 17.2. The van der Waals surface area contributed by atoms with Gasteiger partial charge in [-0.3, -0.25) is 4.79 Å². The summed E-state index contributed by atoms with van der Waals surface area (Å²) in [4.78, 5) is 17.2. The van der Waals surface area contributed by atoms with Crippen LogP contribution in [0.1, 0.15) is 31.1 Å². The third-order valence-corrected chi connectivity index (χ3v) is 4.87. The maximum atomic E-state index is 12.5. The van der Waals surface area contributed by atoms with Gasteiger partial charge < -0.3 is 9.57 Å². The highest BCUT2D eigenvalue weighted by Crippen LogP contribution is 2.60. The Kier molecular flexibility index (Phi) is 6.42. The minimum atomic E-state index is -0.961. The van der Waals surface area contributed by atoms with Gasteiger partial charge in [-0.2, -0.15) is 5.26 Å². The summed E-state index contributed by atoms with van der Waals surface area (Å²) in [6.45, 7) is 4.01. The van der Waals surface area contributed by atoms with Crippen molar-refractivity contribution in [3.63, 3.8) is 0 Å². The summed E-state index contributed by atoms with van der Waals surface area (Å²) in [6, 6.07) is 9.13. The lowest BCUT2D eigenvalue weighted by Gasteiger charge is -2.12. The SMILES string of the molecule is CON=Cc1cccc(C(C#N)OC(=O)C2C(C=C(Br)Br)C2(C)C)c1. The highest BCUT2D eigenvalue weighted by Gasteiger charge is 2.61. The highest BCUT2D eigenvalue weighted by atomic mass is 79.9. The first kappa shape index (κ1) is 19.7. The monoisotopic (exact) mass is 468 g/mol. The van der Waals surface area contributed by atoms with Crippen molar-refractivity contribution in [3.05, 3.63) is 44.9 Å². The van der Waals surface area contributed by atoms with Crippen LogP contribution in [0.3, 0.4) is 0 Å². The molecule has 1 aliphatic rings. The molecule has 2 rings (SSSR count). The molecule has 0 spiro atoms. The summed E-state index contributed by atoms with van der Waals surface area (Å²) in [6.07, 6.45) is 2.50. The predicted octanol–water partition coefficient (Wildman–Crippen LogP) is 4.68. The van der Waals surface area contributed by atoms with Crippen molar-refractivity contribution >= 4 is 44.0 Å². The van der Waals surface area contributed by atoms with Crippen molar-refractivity contribution in [1.82, 2.24) is 0 Å². The van der Waals surface area contributed by atoms with Gasteiger partial charge in [-0.25, -0.2) is 0 Å². The average Bonchev–Trinajstić information content (AvgIpc) is 3.10. The van der Waals surface area contributed by atoms with Crippen LogP contribution in [0.2, 0.25) is 0 Å². The molecule has 5 nitrogen and oxygen atoms in total. The third kappa shape index (κ3) is 4.71. The summed E-state index contributed by atoms with van der Waals surface area (Å²) in [5, 5.41) is 13.1. The lowest BCUT2D eigenvalue weighted by atomic mass is 10.1. The Balaban J connectivity index is 2.13. The Bertz CT molecular complexity index is 749. The minimum Gasteiger partial charge on any atom is -0.442 e. The number of nitrogens with zero attached hydrogens (tertiary/aromatic N) is 2. The predicted molar refractivity (Wildman–Crippen MR) is 102 cm³/mol. The van der Waals surface area contributed by atoms with Crippen molar-refractivity contribution in [2.45, 2.75) is 20.0 Å². The topological polar surface area (TPSA) is 71.7 Å². The van der Waals surface area contributed by atoms with E-state index in [-0.39, 0.29) is 23.2 Å². The van der Waals surface area contributed by atoms with Crippen LogP contribution in [0.15, 0.2) is 38.9 Å². The summed E-state index contributed by atoms with van der Waals surface area (Å²) in [7, 11) is 1.45. The van der Waals surface area contributed by atoms with Gasteiger partial charge in [-0.15, -0.1) is 0 Å². The van der Waals surface area contributed by atoms with Crippen LogP contribution >= 0.6 is 31.9 Å². The van der Waals surface area contributed by atoms with Gasteiger partial charge in [0.05, 0.1) is 15.5 Å². The van der Waals surface area contributed by atoms with Crippen molar-refractivity contribution in [2.75, 3.05) is 7.11 Å². The van der Waals surface area contributed by atoms with Gasteiger partial charge in [0.25, 0.3) is 0 Å². The molecule has 0 amide bonds.